The van der Waals surface area contributed by atoms with Crippen molar-refractivity contribution in [3.8, 4) is 5.75 Å². The molecule has 2 nitrogen and oxygen atoms in total. The van der Waals surface area contributed by atoms with E-state index >= 15 is 0 Å². The molecule has 0 aliphatic rings. The number of hydrogen-bond acceptors (Lipinski definition) is 2. The second-order valence-corrected chi connectivity index (χ2v) is 5.96. The highest BCUT2D eigenvalue weighted by atomic mass is 16.3. The summed E-state index contributed by atoms with van der Waals surface area (Å²) in [6.07, 6.45) is 0. The van der Waals surface area contributed by atoms with E-state index in [1.165, 1.54) is 0 Å². The third-order valence-corrected chi connectivity index (χ3v) is 2.96. The number of carbonyl (C=O) groups is 1. The van der Waals surface area contributed by atoms with Gasteiger partial charge in [-0.3, -0.25) is 4.79 Å². The van der Waals surface area contributed by atoms with Crippen molar-refractivity contribution in [2.75, 3.05) is 0 Å². The van der Waals surface area contributed by atoms with Gasteiger partial charge in [-0.05, 0) is 29.5 Å². The Morgan fingerprint density at radius 2 is 1.76 bits per heavy atom. The summed E-state index contributed by atoms with van der Waals surface area (Å²) in [5.74, 6) is 0.0175. The van der Waals surface area contributed by atoms with Crippen molar-refractivity contribution in [2.24, 2.45) is 5.92 Å². The lowest BCUT2D eigenvalue weighted by atomic mass is 9.83. The minimum Gasteiger partial charge on any atom is -0.507 e. The van der Waals surface area contributed by atoms with Gasteiger partial charge in [0.05, 0.1) is 5.56 Å². The number of phenolic OH excluding ortho intramolecular Hbond substituents is 1. The van der Waals surface area contributed by atoms with Crippen LogP contribution in [0.4, 0.5) is 0 Å². The molecule has 0 atom stereocenters. The summed E-state index contributed by atoms with van der Waals surface area (Å²) in [5, 5.41) is 9.99. The van der Waals surface area contributed by atoms with Crippen molar-refractivity contribution in [2.45, 2.75) is 47.0 Å². The number of aromatic hydroxyl groups is 1. The van der Waals surface area contributed by atoms with Crippen LogP contribution in [0.5, 0.6) is 5.75 Å². The van der Waals surface area contributed by atoms with Gasteiger partial charge in [0.2, 0.25) is 0 Å². The topological polar surface area (TPSA) is 37.3 Å². The van der Waals surface area contributed by atoms with Crippen LogP contribution < -0.4 is 0 Å². The van der Waals surface area contributed by atoms with Crippen LogP contribution in [0.25, 0.3) is 0 Å². The van der Waals surface area contributed by atoms with Gasteiger partial charge in [-0.15, -0.1) is 0 Å². The molecule has 1 aromatic carbocycles. The first-order valence-electron chi connectivity index (χ1n) is 6.03. The van der Waals surface area contributed by atoms with Gasteiger partial charge in [-0.1, -0.05) is 40.7 Å². The summed E-state index contributed by atoms with van der Waals surface area (Å²) in [6.45, 7) is 11.8. The van der Waals surface area contributed by atoms with Crippen molar-refractivity contribution >= 4 is 5.78 Å². The van der Waals surface area contributed by atoms with E-state index in [2.05, 4.69) is 20.8 Å². The molecule has 1 N–H and O–H groups in total. The minimum atomic E-state index is -0.101. The van der Waals surface area contributed by atoms with Gasteiger partial charge >= 0.3 is 0 Å². The van der Waals surface area contributed by atoms with Gasteiger partial charge in [0.25, 0.3) is 0 Å². The molecule has 1 rings (SSSR count). The number of rotatable bonds is 2. The molecule has 17 heavy (non-hydrogen) atoms. The smallest absolute Gasteiger partial charge is 0.169 e. The Hall–Kier alpha value is -1.31. The Balaban J connectivity index is 3.41. The maximum absolute atomic E-state index is 12.0. The van der Waals surface area contributed by atoms with Crippen molar-refractivity contribution < 1.29 is 9.90 Å². The van der Waals surface area contributed by atoms with E-state index in [0.29, 0.717) is 5.56 Å². The molecular formula is C15H22O2. The van der Waals surface area contributed by atoms with Crippen LogP contribution in [0, 0.1) is 12.8 Å². The normalized spacial score (nSPS) is 11.9. The van der Waals surface area contributed by atoms with Gasteiger partial charge in [0.15, 0.2) is 5.78 Å². The molecule has 0 spiro atoms. The lowest BCUT2D eigenvalue weighted by molar-refractivity contribution is 0.0936. The van der Waals surface area contributed by atoms with E-state index in [9.17, 15) is 9.90 Å². The monoisotopic (exact) mass is 234 g/mol. The first kappa shape index (κ1) is 13.8. The number of phenols is 1. The maximum atomic E-state index is 12.0. The highest BCUT2D eigenvalue weighted by molar-refractivity contribution is 6.00. The second kappa shape index (κ2) is 4.52. The first-order valence-corrected chi connectivity index (χ1v) is 6.03. The SMILES string of the molecule is Cc1cc(C(C)(C)C)cc(C(=O)C(C)C)c1O. The number of benzene rings is 1. The fourth-order valence-corrected chi connectivity index (χ4v) is 1.71. The van der Waals surface area contributed by atoms with Crippen LogP contribution in [0.15, 0.2) is 12.1 Å². The van der Waals surface area contributed by atoms with E-state index in [1.807, 2.05) is 32.9 Å². The molecule has 0 radical (unpaired) electrons. The summed E-state index contributed by atoms with van der Waals surface area (Å²) in [5.41, 5.74) is 2.27. The van der Waals surface area contributed by atoms with Crippen LogP contribution in [0.2, 0.25) is 0 Å². The summed E-state index contributed by atoms with van der Waals surface area (Å²) < 4.78 is 0. The summed E-state index contributed by atoms with van der Waals surface area (Å²) in [6, 6.07) is 3.77. The molecule has 1 aromatic rings. The zero-order chi connectivity index (χ0) is 13.4. The fraction of sp³-hybridized carbons (Fsp3) is 0.533. The van der Waals surface area contributed by atoms with Crippen LogP contribution in [-0.4, -0.2) is 10.9 Å². The Bertz CT molecular complexity index is 437. The number of aryl methyl sites for hydroxylation is 1. The molecule has 0 unspecified atom stereocenters. The quantitative estimate of drug-likeness (QED) is 0.789. The van der Waals surface area contributed by atoms with Crippen LogP contribution >= 0.6 is 0 Å². The Kier molecular flexibility index (Phi) is 3.65. The standard InChI is InChI=1S/C15H22O2/c1-9(2)13(16)12-8-11(15(4,5)6)7-10(3)14(12)17/h7-9,17H,1-6H3. The molecule has 0 amide bonds. The van der Waals surface area contributed by atoms with Gasteiger partial charge in [-0.2, -0.15) is 0 Å². The van der Waals surface area contributed by atoms with Crippen LogP contribution in [0.3, 0.4) is 0 Å². The third kappa shape index (κ3) is 2.87. The van der Waals surface area contributed by atoms with Gasteiger partial charge in [-0.25, -0.2) is 0 Å². The predicted octanol–water partition coefficient (Wildman–Crippen LogP) is 3.84. The van der Waals surface area contributed by atoms with E-state index in [-0.39, 0.29) is 22.9 Å². The van der Waals surface area contributed by atoms with E-state index in [4.69, 9.17) is 0 Å². The van der Waals surface area contributed by atoms with E-state index in [0.717, 1.165) is 11.1 Å². The van der Waals surface area contributed by atoms with Crippen molar-refractivity contribution in [3.05, 3.63) is 28.8 Å². The van der Waals surface area contributed by atoms with Gasteiger partial charge in [0, 0.05) is 5.92 Å². The molecule has 0 fully saturated rings. The number of ketones is 1. The second-order valence-electron chi connectivity index (χ2n) is 5.96. The minimum absolute atomic E-state index is 0.00306. The lowest BCUT2D eigenvalue weighted by Gasteiger charge is -2.21. The Morgan fingerprint density at radius 3 is 2.18 bits per heavy atom. The molecule has 0 aromatic heterocycles. The van der Waals surface area contributed by atoms with Crippen molar-refractivity contribution in [1.82, 2.24) is 0 Å². The maximum Gasteiger partial charge on any atom is 0.169 e. The zero-order valence-electron chi connectivity index (χ0n) is 11.6. The number of carbonyl (C=O) groups excluding carboxylic acids is 1. The highest BCUT2D eigenvalue weighted by Crippen LogP contribution is 2.31. The molecule has 0 aliphatic heterocycles. The van der Waals surface area contributed by atoms with Gasteiger partial charge in [0.1, 0.15) is 5.75 Å². The fourth-order valence-electron chi connectivity index (χ4n) is 1.71. The molecule has 0 bridgehead atoms. The zero-order valence-corrected chi connectivity index (χ0v) is 11.6. The lowest BCUT2D eigenvalue weighted by Crippen LogP contribution is -2.15. The molecule has 0 heterocycles. The predicted molar refractivity (Wildman–Crippen MR) is 70.7 cm³/mol. The summed E-state index contributed by atoms with van der Waals surface area (Å²) in [7, 11) is 0. The number of Topliss-reactive ketones (excluding diaryl/α,β-unsaturated/α-hetero) is 1. The van der Waals surface area contributed by atoms with E-state index in [1.54, 1.807) is 0 Å². The van der Waals surface area contributed by atoms with E-state index < -0.39 is 0 Å². The largest absolute Gasteiger partial charge is 0.507 e. The van der Waals surface area contributed by atoms with Crippen LogP contribution in [0.1, 0.15) is 56.1 Å². The average molecular weight is 234 g/mol. The molecule has 0 aliphatic carbocycles. The molecule has 0 saturated heterocycles. The molecule has 94 valence electrons. The molecule has 0 saturated carbocycles. The highest BCUT2D eigenvalue weighted by Gasteiger charge is 2.21. The summed E-state index contributed by atoms with van der Waals surface area (Å²) >= 11 is 0. The van der Waals surface area contributed by atoms with Gasteiger partial charge < -0.3 is 5.11 Å². The number of hydrogen-bond donors (Lipinski definition) is 1. The molecular weight excluding hydrogens is 212 g/mol. The third-order valence-electron chi connectivity index (χ3n) is 2.96. The average Bonchev–Trinajstić information content (AvgIpc) is 2.19. The Morgan fingerprint density at radius 1 is 1.24 bits per heavy atom. The van der Waals surface area contributed by atoms with Crippen LogP contribution in [-0.2, 0) is 5.41 Å². The first-order chi connectivity index (χ1) is 7.64. The summed E-state index contributed by atoms with van der Waals surface area (Å²) in [4.78, 5) is 12.0. The molecule has 2 heteroatoms. The van der Waals surface area contributed by atoms with Crippen molar-refractivity contribution in [1.29, 1.82) is 0 Å². The van der Waals surface area contributed by atoms with Crippen molar-refractivity contribution in [3.63, 3.8) is 0 Å². The Labute approximate surface area is 104 Å².